The van der Waals surface area contributed by atoms with Gasteiger partial charge in [-0.05, 0) is 47.6 Å². The van der Waals surface area contributed by atoms with Crippen LogP contribution in [0.3, 0.4) is 0 Å². The van der Waals surface area contributed by atoms with Gasteiger partial charge in [-0.2, -0.15) is 0 Å². The Morgan fingerprint density at radius 3 is 2.03 bits per heavy atom. The second-order valence-corrected chi connectivity index (χ2v) is 7.42. The minimum absolute atomic E-state index is 0.347. The maximum absolute atomic E-state index is 12.1. The summed E-state index contributed by atoms with van der Waals surface area (Å²) in [6.45, 7) is 3.64. The molecular formula is C27H24O2. The lowest BCUT2D eigenvalue weighted by Crippen LogP contribution is -2.29. The fraction of sp³-hybridized carbons (Fsp3) is 0.222. The molecule has 0 aromatic heterocycles. The Hall–Kier alpha value is -3.31. The predicted octanol–water partition coefficient (Wildman–Crippen LogP) is 5.87. The van der Waals surface area contributed by atoms with Crippen molar-refractivity contribution in [2.24, 2.45) is 0 Å². The maximum atomic E-state index is 12.1. The Morgan fingerprint density at radius 2 is 1.48 bits per heavy atom. The zero-order valence-electron chi connectivity index (χ0n) is 16.9. The van der Waals surface area contributed by atoms with E-state index >= 15 is 0 Å². The molecule has 0 bridgehead atoms. The van der Waals surface area contributed by atoms with Gasteiger partial charge in [-0.1, -0.05) is 79.9 Å². The Balaban J connectivity index is 1.80. The minimum atomic E-state index is -1.08. The van der Waals surface area contributed by atoms with Gasteiger partial charge in [0.05, 0.1) is 0 Å². The summed E-state index contributed by atoms with van der Waals surface area (Å²) in [6, 6.07) is 24.4. The molecule has 3 aromatic rings. The van der Waals surface area contributed by atoms with Gasteiger partial charge in [-0.25, -0.2) is 0 Å². The molecule has 1 aliphatic carbocycles. The van der Waals surface area contributed by atoms with E-state index < -0.39 is 5.60 Å². The van der Waals surface area contributed by atoms with Crippen molar-refractivity contribution in [3.63, 3.8) is 0 Å². The monoisotopic (exact) mass is 380 g/mol. The number of esters is 1. The first-order chi connectivity index (χ1) is 14.1. The van der Waals surface area contributed by atoms with Crippen molar-refractivity contribution >= 4 is 5.97 Å². The lowest BCUT2D eigenvalue weighted by atomic mass is 9.91. The topological polar surface area (TPSA) is 26.3 Å². The van der Waals surface area contributed by atoms with E-state index in [1.54, 1.807) is 0 Å². The molecule has 144 valence electrons. The first-order valence-corrected chi connectivity index (χ1v) is 10.1. The van der Waals surface area contributed by atoms with Gasteiger partial charge in [0.2, 0.25) is 5.60 Å². The number of aryl methyl sites for hydroxylation is 1. The highest BCUT2D eigenvalue weighted by Gasteiger charge is 2.45. The molecule has 2 nitrogen and oxygen atoms in total. The van der Waals surface area contributed by atoms with Crippen LogP contribution >= 0.6 is 0 Å². The molecule has 0 heterocycles. The van der Waals surface area contributed by atoms with E-state index in [1.807, 2.05) is 48.5 Å². The number of rotatable bonds is 4. The molecule has 4 rings (SSSR count). The number of unbranched alkanes of at least 4 members (excludes halogenated alkanes) is 1. The molecule has 0 fully saturated rings. The molecule has 29 heavy (non-hydrogen) atoms. The number of benzene rings is 3. The SMILES string of the molecule is CCCCc1ccc(C#CC2(OC(C)=O)c3ccccc3-c3ccccc32)cc1. The van der Waals surface area contributed by atoms with Gasteiger partial charge in [-0.15, -0.1) is 0 Å². The van der Waals surface area contributed by atoms with Crippen LogP contribution < -0.4 is 0 Å². The van der Waals surface area contributed by atoms with E-state index in [1.165, 1.54) is 25.3 Å². The van der Waals surface area contributed by atoms with Crippen LogP contribution in [0.15, 0.2) is 72.8 Å². The standard InChI is InChI=1S/C27H24O2/c1-3-4-9-21-14-16-22(17-15-21)18-19-27(29-20(2)28)25-12-7-5-10-23(25)24-11-6-8-13-26(24)27/h5-8,10-17H,3-4,9H2,1-2H3. The highest BCUT2D eigenvalue weighted by Crippen LogP contribution is 2.49. The van der Waals surface area contributed by atoms with Crippen molar-refractivity contribution in [1.29, 1.82) is 0 Å². The largest absolute Gasteiger partial charge is 0.437 e. The number of hydrogen-bond acceptors (Lipinski definition) is 2. The summed E-state index contributed by atoms with van der Waals surface area (Å²) in [5, 5.41) is 0. The summed E-state index contributed by atoms with van der Waals surface area (Å²) in [7, 11) is 0. The van der Waals surface area contributed by atoms with Gasteiger partial charge >= 0.3 is 5.97 Å². The zero-order valence-corrected chi connectivity index (χ0v) is 16.9. The third-order valence-electron chi connectivity index (χ3n) is 5.36. The highest BCUT2D eigenvalue weighted by molar-refractivity contribution is 5.84. The normalized spacial score (nSPS) is 13.0. The number of carbonyl (C=O) groups excluding carboxylic acids is 1. The Kier molecular flexibility index (Phi) is 5.23. The lowest BCUT2D eigenvalue weighted by Gasteiger charge is -2.25. The van der Waals surface area contributed by atoms with Gasteiger partial charge in [-0.3, -0.25) is 4.79 Å². The van der Waals surface area contributed by atoms with Crippen LogP contribution in [0.1, 0.15) is 48.9 Å². The van der Waals surface area contributed by atoms with E-state index in [2.05, 4.69) is 43.0 Å². The number of hydrogen-bond donors (Lipinski definition) is 0. The van der Waals surface area contributed by atoms with Crippen molar-refractivity contribution in [2.75, 3.05) is 0 Å². The number of carbonyl (C=O) groups is 1. The molecule has 0 aliphatic heterocycles. The zero-order chi connectivity index (χ0) is 20.3. The Labute approximate surface area is 172 Å². The first kappa shape index (κ1) is 19.0. The van der Waals surface area contributed by atoms with E-state index in [9.17, 15) is 4.79 Å². The molecule has 0 saturated heterocycles. The van der Waals surface area contributed by atoms with Crippen molar-refractivity contribution in [1.82, 2.24) is 0 Å². The van der Waals surface area contributed by atoms with Crippen molar-refractivity contribution in [2.45, 2.75) is 38.7 Å². The summed E-state index contributed by atoms with van der Waals surface area (Å²) < 4.78 is 5.94. The summed E-state index contributed by atoms with van der Waals surface area (Å²) >= 11 is 0. The van der Waals surface area contributed by atoms with Gasteiger partial charge in [0, 0.05) is 23.6 Å². The third kappa shape index (κ3) is 3.57. The highest BCUT2D eigenvalue weighted by atomic mass is 16.6. The molecule has 0 amide bonds. The average Bonchev–Trinajstić information content (AvgIpc) is 3.02. The van der Waals surface area contributed by atoms with Crippen molar-refractivity contribution < 1.29 is 9.53 Å². The van der Waals surface area contributed by atoms with Gasteiger partial charge in [0.1, 0.15) is 0 Å². The van der Waals surface area contributed by atoms with Gasteiger partial charge in [0.15, 0.2) is 0 Å². The van der Waals surface area contributed by atoms with Gasteiger partial charge < -0.3 is 4.74 Å². The first-order valence-electron chi connectivity index (χ1n) is 10.1. The summed E-state index contributed by atoms with van der Waals surface area (Å²) in [5.41, 5.74) is 5.12. The molecule has 0 radical (unpaired) electrons. The van der Waals surface area contributed by atoms with Crippen molar-refractivity contribution in [3.05, 3.63) is 95.1 Å². The van der Waals surface area contributed by atoms with E-state index in [-0.39, 0.29) is 5.97 Å². The molecule has 0 N–H and O–H groups in total. The molecule has 0 saturated carbocycles. The fourth-order valence-electron chi connectivity index (χ4n) is 3.98. The lowest BCUT2D eigenvalue weighted by molar-refractivity contribution is -0.149. The van der Waals surface area contributed by atoms with E-state index in [4.69, 9.17) is 4.74 Å². The molecule has 2 heteroatoms. The predicted molar refractivity (Wildman–Crippen MR) is 116 cm³/mol. The third-order valence-corrected chi connectivity index (χ3v) is 5.36. The van der Waals surface area contributed by atoms with E-state index in [0.717, 1.165) is 34.2 Å². The average molecular weight is 380 g/mol. The van der Waals surface area contributed by atoms with Crippen LogP contribution in [0, 0.1) is 11.8 Å². The summed E-state index contributed by atoms with van der Waals surface area (Å²) in [6.07, 6.45) is 3.46. The maximum Gasteiger partial charge on any atom is 0.304 e. The molecular weight excluding hydrogens is 356 g/mol. The van der Waals surface area contributed by atoms with Gasteiger partial charge in [0.25, 0.3) is 0 Å². The van der Waals surface area contributed by atoms with Crippen LogP contribution in [0.25, 0.3) is 11.1 Å². The number of ether oxygens (including phenoxy) is 1. The van der Waals surface area contributed by atoms with E-state index in [0.29, 0.717) is 0 Å². The van der Waals surface area contributed by atoms with Crippen LogP contribution in [-0.2, 0) is 21.6 Å². The Bertz CT molecular complexity index is 1050. The molecule has 0 atom stereocenters. The van der Waals surface area contributed by atoms with Crippen LogP contribution in [-0.4, -0.2) is 5.97 Å². The molecule has 0 unspecified atom stereocenters. The second kappa shape index (κ2) is 7.97. The molecule has 3 aromatic carbocycles. The minimum Gasteiger partial charge on any atom is -0.437 e. The Morgan fingerprint density at radius 1 is 0.897 bits per heavy atom. The molecule has 0 spiro atoms. The second-order valence-electron chi connectivity index (χ2n) is 7.42. The van der Waals surface area contributed by atoms with Crippen LogP contribution in [0.5, 0.6) is 0 Å². The quantitative estimate of drug-likeness (QED) is 0.418. The fourth-order valence-corrected chi connectivity index (χ4v) is 3.98. The van der Waals surface area contributed by atoms with Crippen LogP contribution in [0.2, 0.25) is 0 Å². The smallest absolute Gasteiger partial charge is 0.304 e. The van der Waals surface area contributed by atoms with Crippen molar-refractivity contribution in [3.8, 4) is 23.0 Å². The summed E-state index contributed by atoms with van der Waals surface area (Å²) in [4.78, 5) is 12.1. The number of fused-ring (bicyclic) bond motifs is 3. The van der Waals surface area contributed by atoms with Crippen LogP contribution in [0.4, 0.5) is 0 Å². The molecule has 1 aliphatic rings. The summed E-state index contributed by atoms with van der Waals surface area (Å²) in [5.74, 6) is 6.25.